The van der Waals surface area contributed by atoms with Gasteiger partial charge < -0.3 is 5.73 Å². The minimum Gasteiger partial charge on any atom is -0.324 e. The lowest BCUT2D eigenvalue weighted by atomic mass is 10.2. The van der Waals surface area contributed by atoms with E-state index in [9.17, 15) is 18.9 Å². The zero-order valence-corrected chi connectivity index (χ0v) is 8.75. The summed E-state index contributed by atoms with van der Waals surface area (Å²) in [6, 6.07) is 1.11. The zero-order valence-electron chi connectivity index (χ0n) is 8.75. The Hall–Kier alpha value is -2.49. The zero-order chi connectivity index (χ0) is 13.3. The van der Waals surface area contributed by atoms with Crippen LogP contribution < -0.4 is 5.73 Å². The molecule has 0 saturated heterocycles. The summed E-state index contributed by atoms with van der Waals surface area (Å²) in [6.07, 6.45) is 0. The number of nitrogens with zero attached hydrogens (tertiary/aromatic N) is 5. The van der Waals surface area contributed by atoms with E-state index in [1.54, 1.807) is 0 Å². The molecular weight excluding hydrogens is 250 g/mol. The molecule has 0 amide bonds. The van der Waals surface area contributed by atoms with E-state index < -0.39 is 22.2 Å². The summed E-state index contributed by atoms with van der Waals surface area (Å²) in [5, 5.41) is 20.8. The highest BCUT2D eigenvalue weighted by Crippen LogP contribution is 2.24. The normalized spacial score (nSPS) is 10.6. The van der Waals surface area contributed by atoms with Gasteiger partial charge in [-0.2, -0.15) is 9.07 Å². The van der Waals surface area contributed by atoms with E-state index in [1.165, 1.54) is 0 Å². The number of nitro groups is 1. The largest absolute Gasteiger partial charge is 0.324 e. The average molecular weight is 256 g/mol. The van der Waals surface area contributed by atoms with Crippen molar-refractivity contribution in [3.63, 3.8) is 0 Å². The Morgan fingerprint density at radius 1 is 1.39 bits per heavy atom. The van der Waals surface area contributed by atoms with Gasteiger partial charge in [-0.05, 0) is 10.4 Å². The highest BCUT2D eigenvalue weighted by molar-refractivity contribution is 5.45. The van der Waals surface area contributed by atoms with E-state index in [1.807, 2.05) is 0 Å². The Balaban J connectivity index is 2.64. The summed E-state index contributed by atoms with van der Waals surface area (Å²) in [5.41, 5.74) is 4.11. The van der Waals surface area contributed by atoms with Crippen molar-refractivity contribution in [1.82, 2.24) is 20.2 Å². The second kappa shape index (κ2) is 4.41. The molecule has 0 spiro atoms. The summed E-state index contributed by atoms with van der Waals surface area (Å²) < 4.78 is 27.6. The summed E-state index contributed by atoms with van der Waals surface area (Å²) in [5.74, 6) is -2.21. The second-order valence-corrected chi connectivity index (χ2v) is 3.22. The van der Waals surface area contributed by atoms with Crippen molar-refractivity contribution in [3.05, 3.63) is 39.7 Å². The Morgan fingerprint density at radius 2 is 2.11 bits per heavy atom. The van der Waals surface area contributed by atoms with Gasteiger partial charge in [0.15, 0.2) is 11.6 Å². The molecule has 8 nitrogen and oxygen atoms in total. The number of tetrazole rings is 1. The first-order valence-corrected chi connectivity index (χ1v) is 4.65. The molecule has 1 heterocycles. The Labute approximate surface area is 98.2 Å². The van der Waals surface area contributed by atoms with Crippen molar-refractivity contribution in [2.75, 3.05) is 0 Å². The molecule has 1 aromatic carbocycles. The molecule has 0 unspecified atom stereocenters. The van der Waals surface area contributed by atoms with Gasteiger partial charge >= 0.3 is 5.69 Å². The second-order valence-electron chi connectivity index (χ2n) is 3.22. The molecule has 0 aliphatic rings. The minimum absolute atomic E-state index is 0.0924. The first-order chi connectivity index (χ1) is 8.54. The van der Waals surface area contributed by atoms with Crippen molar-refractivity contribution in [3.8, 4) is 5.69 Å². The molecule has 2 N–H and O–H groups in total. The van der Waals surface area contributed by atoms with Crippen LogP contribution in [0.5, 0.6) is 0 Å². The molecule has 0 saturated carbocycles. The molecule has 0 radical (unpaired) electrons. The molecule has 0 atom stereocenters. The fourth-order valence-corrected chi connectivity index (χ4v) is 1.35. The number of benzene rings is 1. The molecule has 0 aliphatic heterocycles. The number of aromatic nitrogens is 4. The topological polar surface area (TPSA) is 113 Å². The van der Waals surface area contributed by atoms with Gasteiger partial charge in [-0.25, -0.2) is 4.39 Å². The van der Waals surface area contributed by atoms with Crippen LogP contribution in [-0.2, 0) is 6.54 Å². The predicted octanol–water partition coefficient (Wildman–Crippen LogP) is 0.307. The molecule has 2 aromatic rings. The number of rotatable bonds is 3. The number of halogens is 2. The average Bonchev–Trinajstić information content (AvgIpc) is 2.76. The van der Waals surface area contributed by atoms with E-state index >= 15 is 0 Å². The van der Waals surface area contributed by atoms with Crippen molar-refractivity contribution in [2.45, 2.75) is 6.54 Å². The Bertz CT molecular complexity index is 614. The standard InChI is InChI=1S/C8H6F2N6O2/c9-4-1-5(10)7(16(17)18)2-6(4)15-8(3-11)12-13-14-15/h1-2H,3,11H2. The van der Waals surface area contributed by atoms with Crippen LogP contribution >= 0.6 is 0 Å². The first kappa shape index (κ1) is 12.0. The lowest BCUT2D eigenvalue weighted by molar-refractivity contribution is -0.387. The lowest BCUT2D eigenvalue weighted by Gasteiger charge is -2.04. The monoisotopic (exact) mass is 256 g/mol. The smallest absolute Gasteiger partial charge is 0.307 e. The molecule has 10 heteroatoms. The number of nitrogens with two attached hydrogens (primary N) is 1. The van der Waals surface area contributed by atoms with Crippen LogP contribution in [0.3, 0.4) is 0 Å². The van der Waals surface area contributed by atoms with E-state index in [4.69, 9.17) is 5.73 Å². The summed E-state index contributed by atoms with van der Waals surface area (Å²) in [6.45, 7) is -0.0996. The fourth-order valence-electron chi connectivity index (χ4n) is 1.35. The highest BCUT2D eigenvalue weighted by atomic mass is 19.1. The van der Waals surface area contributed by atoms with Crippen molar-refractivity contribution < 1.29 is 13.7 Å². The van der Waals surface area contributed by atoms with Gasteiger partial charge in [-0.3, -0.25) is 10.1 Å². The molecule has 18 heavy (non-hydrogen) atoms. The predicted molar refractivity (Wildman–Crippen MR) is 53.6 cm³/mol. The van der Waals surface area contributed by atoms with Gasteiger partial charge in [0.1, 0.15) is 5.69 Å². The summed E-state index contributed by atoms with van der Waals surface area (Å²) >= 11 is 0. The number of nitro benzene ring substituents is 1. The summed E-state index contributed by atoms with van der Waals surface area (Å²) in [7, 11) is 0. The van der Waals surface area contributed by atoms with E-state index in [0.29, 0.717) is 12.1 Å². The SMILES string of the molecule is NCc1nnnn1-c1cc([N+](=O)[O-])c(F)cc1F. The van der Waals surface area contributed by atoms with Crippen LogP contribution in [0, 0.1) is 21.7 Å². The Morgan fingerprint density at radius 3 is 2.72 bits per heavy atom. The third kappa shape index (κ3) is 1.88. The third-order valence-electron chi connectivity index (χ3n) is 2.16. The van der Waals surface area contributed by atoms with Crippen LogP contribution in [-0.4, -0.2) is 25.1 Å². The highest BCUT2D eigenvalue weighted by Gasteiger charge is 2.21. The maximum atomic E-state index is 13.6. The van der Waals surface area contributed by atoms with Crippen LogP contribution in [0.15, 0.2) is 12.1 Å². The number of hydrogen-bond acceptors (Lipinski definition) is 6. The van der Waals surface area contributed by atoms with Gasteiger partial charge in [-0.1, -0.05) is 0 Å². The van der Waals surface area contributed by atoms with Gasteiger partial charge in [0.25, 0.3) is 0 Å². The van der Waals surface area contributed by atoms with Crippen molar-refractivity contribution >= 4 is 5.69 Å². The van der Waals surface area contributed by atoms with E-state index in [-0.39, 0.29) is 18.1 Å². The molecular formula is C8H6F2N6O2. The summed E-state index contributed by atoms with van der Waals surface area (Å²) in [4.78, 5) is 9.60. The molecule has 2 rings (SSSR count). The minimum atomic E-state index is -1.27. The van der Waals surface area contributed by atoms with Gasteiger partial charge in [0, 0.05) is 12.1 Å². The molecule has 0 fully saturated rings. The van der Waals surface area contributed by atoms with E-state index in [0.717, 1.165) is 4.68 Å². The molecule has 0 aliphatic carbocycles. The van der Waals surface area contributed by atoms with Gasteiger partial charge in [-0.15, -0.1) is 5.10 Å². The van der Waals surface area contributed by atoms with Gasteiger partial charge in [0.05, 0.1) is 11.5 Å². The molecule has 1 aromatic heterocycles. The first-order valence-electron chi connectivity index (χ1n) is 4.65. The third-order valence-corrected chi connectivity index (χ3v) is 2.16. The van der Waals surface area contributed by atoms with E-state index in [2.05, 4.69) is 15.5 Å². The lowest BCUT2D eigenvalue weighted by Crippen LogP contribution is -2.10. The van der Waals surface area contributed by atoms with Crippen LogP contribution in [0.2, 0.25) is 0 Å². The maximum Gasteiger partial charge on any atom is 0.307 e. The Kier molecular flexibility index (Phi) is 2.93. The quantitative estimate of drug-likeness (QED) is 0.624. The van der Waals surface area contributed by atoms with Gasteiger partial charge in [0.2, 0.25) is 5.82 Å². The maximum absolute atomic E-state index is 13.6. The molecule has 94 valence electrons. The fraction of sp³-hybridized carbons (Fsp3) is 0.125. The van der Waals surface area contributed by atoms with Crippen molar-refractivity contribution in [1.29, 1.82) is 0 Å². The molecule has 0 bridgehead atoms. The van der Waals surface area contributed by atoms with Crippen molar-refractivity contribution in [2.24, 2.45) is 5.73 Å². The number of hydrogen-bond donors (Lipinski definition) is 1. The van der Waals surface area contributed by atoms with Crippen LogP contribution in [0.1, 0.15) is 5.82 Å². The van der Waals surface area contributed by atoms with Crippen LogP contribution in [0.4, 0.5) is 14.5 Å². The van der Waals surface area contributed by atoms with Crippen LogP contribution in [0.25, 0.3) is 5.69 Å².